The molecule has 0 aliphatic rings. The molecule has 4 heteroatoms. The molecule has 0 bridgehead atoms. The summed E-state index contributed by atoms with van der Waals surface area (Å²) in [5, 5.41) is 4.35. The molecule has 3 rings (SSSR count). The van der Waals surface area contributed by atoms with Gasteiger partial charge in [-0.15, -0.1) is 0 Å². The summed E-state index contributed by atoms with van der Waals surface area (Å²) in [7, 11) is 0. The van der Waals surface area contributed by atoms with Crippen molar-refractivity contribution >= 4 is 0 Å². The number of benzene rings is 2. The average molecular weight is 281 g/mol. The van der Waals surface area contributed by atoms with Crippen molar-refractivity contribution in [1.29, 1.82) is 0 Å². The van der Waals surface area contributed by atoms with Crippen LogP contribution in [0.3, 0.4) is 0 Å². The van der Waals surface area contributed by atoms with Crippen LogP contribution in [-0.2, 0) is 0 Å². The highest BCUT2D eigenvalue weighted by Gasteiger charge is 2.12. The van der Waals surface area contributed by atoms with Gasteiger partial charge in [-0.2, -0.15) is 5.10 Å². The summed E-state index contributed by atoms with van der Waals surface area (Å²) in [6, 6.07) is 14.3. The molecule has 0 radical (unpaired) electrons. The van der Waals surface area contributed by atoms with E-state index in [0.717, 1.165) is 22.4 Å². The molecular formula is C17H16FN3. The third-order valence-electron chi connectivity index (χ3n) is 3.42. The fraction of sp³-hybridized carbons (Fsp3) is 0.118. The van der Waals surface area contributed by atoms with Crippen LogP contribution in [0.1, 0.15) is 18.5 Å². The first kappa shape index (κ1) is 13.5. The summed E-state index contributed by atoms with van der Waals surface area (Å²) in [4.78, 5) is 0. The van der Waals surface area contributed by atoms with E-state index in [-0.39, 0.29) is 11.9 Å². The first-order valence-electron chi connectivity index (χ1n) is 6.80. The fourth-order valence-corrected chi connectivity index (χ4v) is 2.36. The molecule has 1 aromatic heterocycles. The molecule has 0 fully saturated rings. The molecule has 1 atom stereocenters. The van der Waals surface area contributed by atoms with Crippen LogP contribution in [0.4, 0.5) is 4.39 Å². The second-order valence-corrected chi connectivity index (χ2v) is 5.03. The first-order valence-corrected chi connectivity index (χ1v) is 6.80. The Bertz CT molecular complexity index is 748. The molecule has 0 aliphatic carbocycles. The summed E-state index contributed by atoms with van der Waals surface area (Å²) in [5.41, 5.74) is 9.47. The van der Waals surface area contributed by atoms with Crippen molar-refractivity contribution < 1.29 is 4.39 Å². The minimum absolute atomic E-state index is 0.166. The van der Waals surface area contributed by atoms with Crippen molar-refractivity contribution in [1.82, 2.24) is 9.78 Å². The number of aromatic nitrogens is 2. The van der Waals surface area contributed by atoms with E-state index >= 15 is 0 Å². The molecule has 1 unspecified atom stereocenters. The Labute approximate surface area is 122 Å². The van der Waals surface area contributed by atoms with E-state index in [0.29, 0.717) is 0 Å². The van der Waals surface area contributed by atoms with Gasteiger partial charge in [-0.05, 0) is 42.3 Å². The highest BCUT2D eigenvalue weighted by atomic mass is 19.1. The van der Waals surface area contributed by atoms with E-state index in [1.165, 1.54) is 12.1 Å². The molecule has 0 saturated carbocycles. The Balaban J connectivity index is 2.06. The van der Waals surface area contributed by atoms with Crippen molar-refractivity contribution in [3.05, 3.63) is 72.3 Å². The van der Waals surface area contributed by atoms with E-state index in [4.69, 9.17) is 5.73 Å². The van der Waals surface area contributed by atoms with Gasteiger partial charge >= 0.3 is 0 Å². The van der Waals surface area contributed by atoms with Gasteiger partial charge in [0.15, 0.2) is 0 Å². The summed E-state index contributed by atoms with van der Waals surface area (Å²) >= 11 is 0. The third kappa shape index (κ3) is 2.71. The molecule has 0 spiro atoms. The summed E-state index contributed by atoms with van der Waals surface area (Å²) in [6.45, 7) is 1.89. The van der Waals surface area contributed by atoms with Crippen molar-refractivity contribution in [2.75, 3.05) is 0 Å². The van der Waals surface area contributed by atoms with E-state index in [1.54, 1.807) is 16.9 Å². The minimum Gasteiger partial charge on any atom is -0.324 e. The summed E-state index contributed by atoms with van der Waals surface area (Å²) in [6.07, 6.45) is 3.61. The molecule has 3 aromatic rings. The van der Waals surface area contributed by atoms with Gasteiger partial charge in [0, 0.05) is 17.8 Å². The van der Waals surface area contributed by atoms with Gasteiger partial charge in [0.1, 0.15) is 5.82 Å². The summed E-state index contributed by atoms with van der Waals surface area (Å²) < 4.78 is 15.3. The molecule has 106 valence electrons. The van der Waals surface area contributed by atoms with Crippen LogP contribution in [0.25, 0.3) is 16.8 Å². The SMILES string of the molecule is CC(N)c1ccc(F)cc1-c1cnn(-c2ccccc2)c1. The van der Waals surface area contributed by atoms with Crippen molar-refractivity contribution in [3.8, 4) is 16.8 Å². The minimum atomic E-state index is -0.276. The van der Waals surface area contributed by atoms with Crippen LogP contribution < -0.4 is 5.73 Å². The number of rotatable bonds is 3. The zero-order valence-electron chi connectivity index (χ0n) is 11.7. The quantitative estimate of drug-likeness (QED) is 0.795. The molecule has 0 saturated heterocycles. The zero-order valence-corrected chi connectivity index (χ0v) is 11.7. The molecule has 0 amide bonds. The highest BCUT2D eigenvalue weighted by molar-refractivity contribution is 5.67. The number of halogens is 1. The molecule has 0 aliphatic heterocycles. The Morgan fingerprint density at radius 2 is 1.90 bits per heavy atom. The van der Waals surface area contributed by atoms with Gasteiger partial charge in [0.25, 0.3) is 0 Å². The number of hydrogen-bond acceptors (Lipinski definition) is 2. The average Bonchev–Trinajstić information content (AvgIpc) is 2.97. The van der Waals surface area contributed by atoms with Crippen LogP contribution in [0.15, 0.2) is 60.9 Å². The van der Waals surface area contributed by atoms with Crippen molar-refractivity contribution in [2.45, 2.75) is 13.0 Å². The van der Waals surface area contributed by atoms with Crippen LogP contribution >= 0.6 is 0 Å². The fourth-order valence-electron chi connectivity index (χ4n) is 2.36. The van der Waals surface area contributed by atoms with Crippen molar-refractivity contribution in [3.63, 3.8) is 0 Å². The maximum atomic E-state index is 13.6. The van der Waals surface area contributed by atoms with Gasteiger partial charge in [0.05, 0.1) is 11.9 Å². The lowest BCUT2D eigenvalue weighted by atomic mass is 9.98. The predicted octanol–water partition coefficient (Wildman–Crippen LogP) is 3.70. The largest absolute Gasteiger partial charge is 0.324 e. The normalized spacial score (nSPS) is 12.3. The maximum Gasteiger partial charge on any atom is 0.123 e. The zero-order chi connectivity index (χ0) is 14.8. The lowest BCUT2D eigenvalue weighted by molar-refractivity contribution is 0.626. The van der Waals surface area contributed by atoms with Gasteiger partial charge in [0.2, 0.25) is 0 Å². The standard InChI is InChI=1S/C17H16FN3/c1-12(19)16-8-7-14(18)9-17(16)13-10-20-21(11-13)15-5-3-2-4-6-15/h2-12H,19H2,1H3. The Kier molecular flexibility index (Phi) is 3.54. The number of nitrogens with zero attached hydrogens (tertiary/aromatic N) is 2. The van der Waals surface area contributed by atoms with Gasteiger partial charge in [-0.3, -0.25) is 0 Å². The second-order valence-electron chi connectivity index (χ2n) is 5.03. The maximum absolute atomic E-state index is 13.6. The topological polar surface area (TPSA) is 43.8 Å². The lowest BCUT2D eigenvalue weighted by Crippen LogP contribution is -2.06. The van der Waals surface area contributed by atoms with Crippen LogP contribution in [0.2, 0.25) is 0 Å². The monoisotopic (exact) mass is 281 g/mol. The van der Waals surface area contributed by atoms with Gasteiger partial charge in [-0.25, -0.2) is 9.07 Å². The van der Waals surface area contributed by atoms with E-state index < -0.39 is 0 Å². The van der Waals surface area contributed by atoms with Crippen LogP contribution in [0, 0.1) is 5.82 Å². The summed E-state index contributed by atoms with van der Waals surface area (Å²) in [5.74, 6) is -0.276. The Morgan fingerprint density at radius 3 is 2.62 bits per heavy atom. The number of nitrogens with two attached hydrogens (primary N) is 1. The smallest absolute Gasteiger partial charge is 0.123 e. The molecule has 1 heterocycles. The number of hydrogen-bond donors (Lipinski definition) is 1. The first-order chi connectivity index (χ1) is 10.1. The van der Waals surface area contributed by atoms with Gasteiger partial charge in [-0.1, -0.05) is 24.3 Å². The van der Waals surface area contributed by atoms with E-state index in [2.05, 4.69) is 5.10 Å². The molecule has 2 aromatic carbocycles. The predicted molar refractivity (Wildman–Crippen MR) is 81.6 cm³/mol. The highest BCUT2D eigenvalue weighted by Crippen LogP contribution is 2.28. The van der Waals surface area contributed by atoms with E-state index in [9.17, 15) is 4.39 Å². The number of para-hydroxylation sites is 1. The second kappa shape index (κ2) is 5.50. The lowest BCUT2D eigenvalue weighted by Gasteiger charge is -2.11. The van der Waals surface area contributed by atoms with Crippen LogP contribution in [-0.4, -0.2) is 9.78 Å². The molecule has 3 nitrogen and oxygen atoms in total. The Morgan fingerprint density at radius 1 is 1.14 bits per heavy atom. The van der Waals surface area contributed by atoms with Gasteiger partial charge < -0.3 is 5.73 Å². The van der Waals surface area contributed by atoms with Crippen LogP contribution in [0.5, 0.6) is 0 Å². The third-order valence-corrected chi connectivity index (χ3v) is 3.42. The van der Waals surface area contributed by atoms with E-state index in [1.807, 2.05) is 43.5 Å². The molecule has 2 N–H and O–H groups in total. The molecule has 21 heavy (non-hydrogen) atoms. The molecular weight excluding hydrogens is 265 g/mol. The van der Waals surface area contributed by atoms with Crippen molar-refractivity contribution in [2.24, 2.45) is 5.73 Å². The Hall–Kier alpha value is -2.46.